The van der Waals surface area contributed by atoms with Gasteiger partial charge in [-0.25, -0.2) is 0 Å². The quantitative estimate of drug-likeness (QED) is 0.583. The van der Waals surface area contributed by atoms with Crippen LogP contribution in [0.15, 0.2) is 22.5 Å². The Morgan fingerprint density at radius 3 is 3.00 bits per heavy atom. The van der Waals surface area contributed by atoms with Gasteiger partial charge in [-0.05, 0) is 57.1 Å². The lowest BCUT2D eigenvalue weighted by atomic mass is 9.57. The molecular formula is C22H36N4OS. The predicted octanol–water partition coefficient (Wildman–Crippen LogP) is 3.50. The molecule has 5 atom stereocenters. The fraction of sp³-hybridized carbons (Fsp3) is 0.773. The van der Waals surface area contributed by atoms with E-state index in [1.165, 1.54) is 30.7 Å². The number of guanidine groups is 1. The fourth-order valence-corrected chi connectivity index (χ4v) is 6.64. The highest BCUT2D eigenvalue weighted by Crippen LogP contribution is 2.52. The molecule has 0 aromatic carbocycles. The summed E-state index contributed by atoms with van der Waals surface area (Å²) in [6.07, 6.45) is 4.09. The van der Waals surface area contributed by atoms with Crippen LogP contribution in [0.4, 0.5) is 0 Å². The van der Waals surface area contributed by atoms with Crippen molar-refractivity contribution in [1.29, 1.82) is 0 Å². The Bertz CT molecular complexity index is 674. The standard InChI is InChI=1S/C22H36N4OS/c1-5-23-21(25-19-16-10-12-27-20(16)22(19,2)3)24-14-15-8-6-11-26(4)18(15)17-9-7-13-28-17/h7,9,13,15-16,18-20H,5-6,8,10-12,14H2,1-4H3,(H2,23,24,25). The third-order valence-corrected chi connectivity index (χ3v) is 8.01. The number of thiophene rings is 1. The molecule has 1 aromatic heterocycles. The molecule has 6 heteroatoms. The number of rotatable bonds is 5. The largest absolute Gasteiger partial charge is 0.377 e. The van der Waals surface area contributed by atoms with Crippen LogP contribution < -0.4 is 10.6 Å². The third-order valence-electron chi connectivity index (χ3n) is 7.06. The summed E-state index contributed by atoms with van der Waals surface area (Å²) in [5.41, 5.74) is 0.169. The molecule has 0 radical (unpaired) electrons. The van der Waals surface area contributed by atoms with Gasteiger partial charge >= 0.3 is 0 Å². The van der Waals surface area contributed by atoms with E-state index in [1.807, 2.05) is 11.3 Å². The number of fused-ring (bicyclic) bond motifs is 1. The van der Waals surface area contributed by atoms with Crippen molar-refractivity contribution in [3.8, 4) is 0 Å². The summed E-state index contributed by atoms with van der Waals surface area (Å²) in [7, 11) is 2.26. The van der Waals surface area contributed by atoms with Gasteiger partial charge in [-0.15, -0.1) is 11.3 Å². The van der Waals surface area contributed by atoms with E-state index in [-0.39, 0.29) is 5.41 Å². The topological polar surface area (TPSA) is 48.9 Å². The minimum Gasteiger partial charge on any atom is -0.377 e. The van der Waals surface area contributed by atoms with E-state index in [9.17, 15) is 0 Å². The van der Waals surface area contributed by atoms with Crippen molar-refractivity contribution >= 4 is 17.3 Å². The molecule has 156 valence electrons. The van der Waals surface area contributed by atoms with Crippen LogP contribution in [-0.2, 0) is 4.74 Å². The van der Waals surface area contributed by atoms with Crippen molar-refractivity contribution in [1.82, 2.24) is 15.5 Å². The summed E-state index contributed by atoms with van der Waals surface area (Å²) in [5, 5.41) is 9.45. The first kappa shape index (κ1) is 20.2. The molecule has 3 aliphatic rings. The van der Waals surface area contributed by atoms with Gasteiger partial charge in [-0.3, -0.25) is 9.89 Å². The zero-order valence-electron chi connectivity index (χ0n) is 17.8. The van der Waals surface area contributed by atoms with Gasteiger partial charge in [0.15, 0.2) is 5.96 Å². The van der Waals surface area contributed by atoms with Crippen LogP contribution in [0.1, 0.15) is 51.0 Å². The molecular weight excluding hydrogens is 368 g/mol. The fourth-order valence-electron chi connectivity index (χ4n) is 5.65. The number of nitrogens with zero attached hydrogens (tertiary/aromatic N) is 2. The molecule has 1 saturated carbocycles. The third kappa shape index (κ3) is 3.71. The Kier molecular flexibility index (Phi) is 6.00. The number of hydrogen-bond acceptors (Lipinski definition) is 4. The molecule has 5 unspecified atom stereocenters. The lowest BCUT2D eigenvalue weighted by Crippen LogP contribution is -2.68. The normalized spacial score (nSPS) is 35.3. The highest BCUT2D eigenvalue weighted by Gasteiger charge is 2.59. The van der Waals surface area contributed by atoms with E-state index in [2.05, 4.69) is 60.9 Å². The Labute approximate surface area is 173 Å². The second kappa shape index (κ2) is 8.33. The van der Waals surface area contributed by atoms with Crippen LogP contribution in [0, 0.1) is 17.3 Å². The summed E-state index contributed by atoms with van der Waals surface area (Å²) in [6.45, 7) is 10.6. The van der Waals surface area contributed by atoms with E-state index < -0.39 is 0 Å². The van der Waals surface area contributed by atoms with Gasteiger partial charge in [-0.2, -0.15) is 0 Å². The summed E-state index contributed by atoms with van der Waals surface area (Å²) in [6, 6.07) is 5.40. The minimum atomic E-state index is 0.169. The zero-order chi connectivity index (χ0) is 19.7. The van der Waals surface area contributed by atoms with Crippen molar-refractivity contribution in [2.24, 2.45) is 22.2 Å². The molecule has 3 heterocycles. The highest BCUT2D eigenvalue weighted by molar-refractivity contribution is 7.10. The SMILES string of the molecule is CCNC(=NCC1CCCN(C)C1c1cccs1)NC1C2CCOC2C1(C)C. The first-order chi connectivity index (χ1) is 13.5. The zero-order valence-corrected chi connectivity index (χ0v) is 18.6. The van der Waals surface area contributed by atoms with Crippen molar-refractivity contribution in [3.05, 3.63) is 22.4 Å². The van der Waals surface area contributed by atoms with Crippen molar-refractivity contribution in [2.75, 3.05) is 33.3 Å². The van der Waals surface area contributed by atoms with Crippen molar-refractivity contribution < 1.29 is 4.74 Å². The second-order valence-corrected chi connectivity index (χ2v) is 10.2. The molecule has 28 heavy (non-hydrogen) atoms. The lowest BCUT2D eigenvalue weighted by molar-refractivity contribution is -0.106. The Morgan fingerprint density at radius 1 is 1.39 bits per heavy atom. The van der Waals surface area contributed by atoms with Gasteiger partial charge < -0.3 is 15.4 Å². The highest BCUT2D eigenvalue weighted by atomic mass is 32.1. The van der Waals surface area contributed by atoms with Crippen LogP contribution in [0.25, 0.3) is 0 Å². The van der Waals surface area contributed by atoms with Crippen LogP contribution in [0.2, 0.25) is 0 Å². The maximum Gasteiger partial charge on any atom is 0.191 e. The number of nitrogens with one attached hydrogen (secondary N) is 2. The Hall–Kier alpha value is -1.11. The lowest BCUT2D eigenvalue weighted by Gasteiger charge is -2.55. The Balaban J connectivity index is 1.45. The Morgan fingerprint density at radius 2 is 2.25 bits per heavy atom. The average molecular weight is 405 g/mol. The minimum absolute atomic E-state index is 0.169. The van der Waals surface area contributed by atoms with Gasteiger partial charge in [0.25, 0.3) is 0 Å². The molecule has 2 saturated heterocycles. The molecule has 2 N–H and O–H groups in total. The van der Waals surface area contributed by atoms with Crippen molar-refractivity contribution in [3.63, 3.8) is 0 Å². The molecule has 1 aromatic rings. The number of ether oxygens (including phenoxy) is 1. The van der Waals surface area contributed by atoms with E-state index in [0.717, 1.165) is 25.7 Å². The van der Waals surface area contributed by atoms with Crippen LogP contribution >= 0.6 is 11.3 Å². The van der Waals surface area contributed by atoms with Gasteiger partial charge in [0.2, 0.25) is 0 Å². The summed E-state index contributed by atoms with van der Waals surface area (Å²) < 4.78 is 5.96. The summed E-state index contributed by atoms with van der Waals surface area (Å²) in [4.78, 5) is 9.06. The molecule has 5 nitrogen and oxygen atoms in total. The van der Waals surface area contributed by atoms with Crippen LogP contribution in [0.5, 0.6) is 0 Å². The van der Waals surface area contributed by atoms with Crippen LogP contribution in [-0.4, -0.2) is 56.3 Å². The maximum atomic E-state index is 5.96. The monoisotopic (exact) mass is 404 g/mol. The van der Waals surface area contributed by atoms with Gasteiger partial charge in [0.05, 0.1) is 6.10 Å². The van der Waals surface area contributed by atoms with Crippen molar-refractivity contribution in [2.45, 2.75) is 58.2 Å². The average Bonchev–Trinajstić information content (AvgIpc) is 3.34. The molecule has 4 rings (SSSR count). The van der Waals surface area contributed by atoms with Crippen LogP contribution in [0.3, 0.4) is 0 Å². The second-order valence-electron chi connectivity index (χ2n) is 9.25. The van der Waals surface area contributed by atoms with Gasteiger partial charge in [0, 0.05) is 48.0 Å². The maximum absolute atomic E-state index is 5.96. The summed E-state index contributed by atoms with van der Waals surface area (Å²) >= 11 is 1.88. The molecule has 2 aliphatic heterocycles. The molecule has 0 bridgehead atoms. The van der Waals surface area contributed by atoms with E-state index >= 15 is 0 Å². The summed E-state index contributed by atoms with van der Waals surface area (Å²) in [5.74, 6) is 2.17. The molecule has 0 amide bonds. The first-order valence-electron chi connectivity index (χ1n) is 10.9. The van der Waals surface area contributed by atoms with Gasteiger partial charge in [-0.1, -0.05) is 19.9 Å². The number of piperidine rings is 1. The molecule has 1 aliphatic carbocycles. The first-order valence-corrected chi connectivity index (χ1v) is 11.8. The molecule has 3 fully saturated rings. The van der Waals surface area contributed by atoms with Gasteiger partial charge in [0.1, 0.15) is 0 Å². The number of hydrogen-bond donors (Lipinski definition) is 2. The predicted molar refractivity (Wildman–Crippen MR) is 117 cm³/mol. The van der Waals surface area contributed by atoms with E-state index in [0.29, 0.717) is 30.0 Å². The molecule has 0 spiro atoms. The number of likely N-dealkylation sites (tertiary alicyclic amines) is 1. The van der Waals surface area contributed by atoms with E-state index in [1.54, 1.807) is 0 Å². The smallest absolute Gasteiger partial charge is 0.191 e. The van der Waals surface area contributed by atoms with E-state index in [4.69, 9.17) is 9.73 Å². The number of aliphatic imine (C=N–C) groups is 1.